The maximum absolute atomic E-state index is 13.5. The highest BCUT2D eigenvalue weighted by atomic mass is 35.5. The average Bonchev–Trinajstić information content (AvgIpc) is 2.25. The lowest BCUT2D eigenvalue weighted by atomic mass is 9.74. The maximum Gasteiger partial charge on any atom is 0.323 e. The zero-order chi connectivity index (χ0) is 11.0. The first-order valence-electron chi connectivity index (χ1n) is 5.36. The number of hydrogen-bond donors (Lipinski definition) is 1. The molecule has 0 aromatic heterocycles. The lowest BCUT2D eigenvalue weighted by Crippen LogP contribution is -2.65. The van der Waals surface area contributed by atoms with Crippen LogP contribution in [-0.2, 0) is 9.53 Å². The molecule has 0 spiro atoms. The molecule has 0 aromatic carbocycles. The Hall–Kier alpha value is -0.420. The van der Waals surface area contributed by atoms with Crippen LogP contribution in [-0.4, -0.2) is 37.0 Å². The molecule has 5 atom stereocenters. The van der Waals surface area contributed by atoms with Gasteiger partial charge in [-0.3, -0.25) is 10.1 Å². The van der Waals surface area contributed by atoms with Gasteiger partial charge in [0, 0.05) is 12.0 Å². The first-order valence-corrected chi connectivity index (χ1v) is 5.36. The van der Waals surface area contributed by atoms with Gasteiger partial charge in [-0.15, -0.1) is 12.4 Å². The first kappa shape index (κ1) is 13.6. The van der Waals surface area contributed by atoms with Crippen molar-refractivity contribution in [1.82, 2.24) is 5.32 Å². The molecule has 3 nitrogen and oxygen atoms in total. The van der Waals surface area contributed by atoms with E-state index in [1.165, 1.54) is 0 Å². The lowest BCUT2D eigenvalue weighted by molar-refractivity contribution is -0.153. The number of esters is 1. The highest BCUT2D eigenvalue weighted by Crippen LogP contribution is 2.37. The third kappa shape index (κ3) is 2.15. The standard InChI is InChI=1S/C10H15F2NO2.ClH/c1-2-15-10(14)9-5-3-4-6(13-9)8(12)7(5)11;/h5-9,13H,2-4H2,1H3;1H/t5?,6?,7-,8+,9+;/m1./s1. The van der Waals surface area contributed by atoms with E-state index in [-0.39, 0.29) is 19.0 Å². The van der Waals surface area contributed by atoms with Gasteiger partial charge in [-0.05, 0) is 19.8 Å². The molecule has 2 saturated heterocycles. The second kappa shape index (κ2) is 5.27. The molecule has 3 rings (SSSR count). The Bertz CT molecular complexity index is 265. The number of halogens is 3. The van der Waals surface area contributed by atoms with E-state index in [1.807, 2.05) is 0 Å². The molecule has 2 heterocycles. The van der Waals surface area contributed by atoms with Crippen molar-refractivity contribution in [2.45, 2.75) is 44.2 Å². The average molecular weight is 256 g/mol. The van der Waals surface area contributed by atoms with Gasteiger partial charge >= 0.3 is 5.97 Å². The Kier molecular flexibility index (Phi) is 4.50. The molecule has 1 saturated carbocycles. The molecule has 1 aliphatic carbocycles. The summed E-state index contributed by atoms with van der Waals surface area (Å²) < 4.78 is 31.6. The summed E-state index contributed by atoms with van der Waals surface area (Å²) in [7, 11) is 0. The number of piperidine rings is 2. The van der Waals surface area contributed by atoms with Crippen LogP contribution in [0.2, 0.25) is 0 Å². The summed E-state index contributed by atoms with van der Waals surface area (Å²) in [5.74, 6) is -1.02. The Balaban J connectivity index is 0.00000128. The third-order valence-electron chi connectivity index (χ3n) is 3.27. The fourth-order valence-electron chi connectivity index (χ4n) is 2.50. The number of rotatable bonds is 2. The van der Waals surface area contributed by atoms with Crippen molar-refractivity contribution in [3.05, 3.63) is 0 Å². The van der Waals surface area contributed by atoms with E-state index in [2.05, 4.69) is 5.32 Å². The molecule has 94 valence electrons. The van der Waals surface area contributed by atoms with E-state index in [0.29, 0.717) is 12.8 Å². The molecular weight excluding hydrogens is 240 g/mol. The number of ether oxygens (including phenoxy) is 1. The zero-order valence-electron chi connectivity index (χ0n) is 8.99. The van der Waals surface area contributed by atoms with Gasteiger partial charge in [-0.1, -0.05) is 0 Å². The SMILES string of the molecule is CCOC(=O)[C@H]1NC2CCC1[C@@H](F)[C@H]2F.Cl. The summed E-state index contributed by atoms with van der Waals surface area (Å²) in [4.78, 5) is 11.5. The third-order valence-corrected chi connectivity index (χ3v) is 3.27. The van der Waals surface area contributed by atoms with Crippen LogP contribution in [0.3, 0.4) is 0 Å². The topological polar surface area (TPSA) is 38.3 Å². The van der Waals surface area contributed by atoms with Gasteiger partial charge in [0.2, 0.25) is 0 Å². The second-order valence-corrected chi connectivity index (χ2v) is 4.13. The van der Waals surface area contributed by atoms with Crippen molar-refractivity contribution < 1.29 is 18.3 Å². The number of carbonyl (C=O) groups is 1. The predicted molar refractivity (Wildman–Crippen MR) is 57.1 cm³/mol. The van der Waals surface area contributed by atoms with Crippen molar-refractivity contribution in [2.75, 3.05) is 6.61 Å². The summed E-state index contributed by atoms with van der Waals surface area (Å²) in [6.07, 6.45) is -1.85. The molecule has 2 bridgehead atoms. The molecule has 3 fully saturated rings. The monoisotopic (exact) mass is 255 g/mol. The van der Waals surface area contributed by atoms with Crippen molar-refractivity contribution >= 4 is 18.4 Å². The normalized spacial score (nSPS) is 41.3. The summed E-state index contributed by atoms with van der Waals surface area (Å²) >= 11 is 0. The van der Waals surface area contributed by atoms with Crippen LogP contribution in [0.25, 0.3) is 0 Å². The summed E-state index contributed by atoms with van der Waals surface area (Å²) in [6.45, 7) is 1.97. The minimum atomic E-state index is -1.53. The number of fused-ring (bicyclic) bond motifs is 3. The van der Waals surface area contributed by atoms with E-state index >= 15 is 0 Å². The number of hydrogen-bond acceptors (Lipinski definition) is 3. The minimum absolute atomic E-state index is 0. The van der Waals surface area contributed by atoms with Crippen molar-refractivity contribution in [3.8, 4) is 0 Å². The second-order valence-electron chi connectivity index (χ2n) is 4.13. The molecule has 2 aliphatic heterocycles. The molecule has 0 aromatic rings. The summed E-state index contributed by atoms with van der Waals surface area (Å²) in [5.41, 5.74) is 0. The van der Waals surface area contributed by atoms with Gasteiger partial charge < -0.3 is 4.74 Å². The quantitative estimate of drug-likeness (QED) is 0.758. The Morgan fingerprint density at radius 2 is 2.06 bits per heavy atom. The highest BCUT2D eigenvalue weighted by molar-refractivity contribution is 5.85. The molecule has 0 amide bonds. The van der Waals surface area contributed by atoms with Gasteiger partial charge in [0.1, 0.15) is 18.4 Å². The summed E-state index contributed by atoms with van der Waals surface area (Å²) in [5, 5.41) is 2.83. The van der Waals surface area contributed by atoms with Gasteiger partial charge in [0.25, 0.3) is 0 Å². The van der Waals surface area contributed by atoms with Crippen LogP contribution in [0.4, 0.5) is 8.78 Å². The van der Waals surface area contributed by atoms with Crippen LogP contribution in [0.1, 0.15) is 19.8 Å². The summed E-state index contributed by atoms with van der Waals surface area (Å²) in [6, 6.07) is -1.19. The smallest absolute Gasteiger partial charge is 0.323 e. The Morgan fingerprint density at radius 3 is 2.62 bits per heavy atom. The van der Waals surface area contributed by atoms with Crippen molar-refractivity contribution in [3.63, 3.8) is 0 Å². The van der Waals surface area contributed by atoms with Crippen LogP contribution >= 0.6 is 12.4 Å². The molecular formula is C10H16ClF2NO2. The Morgan fingerprint density at radius 1 is 1.38 bits per heavy atom. The Labute approximate surface area is 99.3 Å². The fourth-order valence-corrected chi connectivity index (χ4v) is 2.50. The maximum atomic E-state index is 13.5. The largest absolute Gasteiger partial charge is 0.465 e. The lowest BCUT2D eigenvalue weighted by Gasteiger charge is -2.46. The molecule has 6 heteroatoms. The minimum Gasteiger partial charge on any atom is -0.465 e. The number of nitrogens with one attached hydrogen (secondary N) is 1. The van der Waals surface area contributed by atoms with Crippen molar-refractivity contribution in [1.29, 1.82) is 0 Å². The van der Waals surface area contributed by atoms with Gasteiger partial charge in [0.05, 0.1) is 6.61 Å². The van der Waals surface area contributed by atoms with E-state index in [0.717, 1.165) is 0 Å². The van der Waals surface area contributed by atoms with Crippen LogP contribution in [0.15, 0.2) is 0 Å². The van der Waals surface area contributed by atoms with E-state index in [9.17, 15) is 13.6 Å². The zero-order valence-corrected chi connectivity index (χ0v) is 9.81. The van der Waals surface area contributed by atoms with E-state index in [1.54, 1.807) is 6.92 Å². The van der Waals surface area contributed by atoms with Crippen molar-refractivity contribution in [2.24, 2.45) is 5.92 Å². The molecule has 0 radical (unpaired) electrons. The fraction of sp³-hybridized carbons (Fsp3) is 0.900. The number of alkyl halides is 2. The van der Waals surface area contributed by atoms with Crippen LogP contribution in [0, 0.1) is 5.92 Å². The van der Waals surface area contributed by atoms with Crippen LogP contribution in [0.5, 0.6) is 0 Å². The highest BCUT2D eigenvalue weighted by Gasteiger charge is 2.52. The number of carbonyl (C=O) groups excluding carboxylic acids is 1. The van der Waals surface area contributed by atoms with Gasteiger partial charge in [0.15, 0.2) is 0 Å². The molecule has 16 heavy (non-hydrogen) atoms. The first-order chi connectivity index (χ1) is 7.15. The van der Waals surface area contributed by atoms with E-state index < -0.39 is 36.3 Å². The van der Waals surface area contributed by atoms with E-state index in [4.69, 9.17) is 4.74 Å². The van der Waals surface area contributed by atoms with Gasteiger partial charge in [-0.2, -0.15) is 0 Å². The van der Waals surface area contributed by atoms with Crippen LogP contribution < -0.4 is 5.32 Å². The molecule has 1 N–H and O–H groups in total. The predicted octanol–water partition coefficient (Wildman–Crippen LogP) is 1.40. The molecule has 3 aliphatic rings. The van der Waals surface area contributed by atoms with Gasteiger partial charge in [-0.25, -0.2) is 8.78 Å². The molecule has 2 unspecified atom stereocenters.